The van der Waals surface area contributed by atoms with Crippen molar-refractivity contribution in [3.8, 4) is 5.75 Å². The van der Waals surface area contributed by atoms with Gasteiger partial charge in [-0.25, -0.2) is 0 Å². The van der Waals surface area contributed by atoms with Crippen molar-refractivity contribution in [3.63, 3.8) is 0 Å². The molecule has 0 fully saturated rings. The van der Waals surface area contributed by atoms with Gasteiger partial charge in [0.2, 0.25) is 0 Å². The van der Waals surface area contributed by atoms with Gasteiger partial charge in [-0.2, -0.15) is 13.2 Å². The molecule has 0 aromatic heterocycles. The summed E-state index contributed by atoms with van der Waals surface area (Å²) in [4.78, 5) is 15.0. The number of carbonyl (C=O) groups is 1. The average Bonchev–Trinajstić information content (AvgIpc) is 2.66. The molecule has 1 amide bonds. The molecule has 0 saturated heterocycles. The van der Waals surface area contributed by atoms with Gasteiger partial charge < -0.3 is 15.0 Å². The molecule has 0 spiro atoms. The van der Waals surface area contributed by atoms with E-state index in [2.05, 4.69) is 24.1 Å². The van der Waals surface area contributed by atoms with Gasteiger partial charge in [-0.1, -0.05) is 37.6 Å². The van der Waals surface area contributed by atoms with Crippen molar-refractivity contribution in [2.24, 2.45) is 0 Å². The third-order valence-electron chi connectivity index (χ3n) is 4.55. The molecule has 0 bridgehead atoms. The Morgan fingerprint density at radius 1 is 1.17 bits per heavy atom. The molecule has 8 heteroatoms. The molecule has 29 heavy (non-hydrogen) atoms. The summed E-state index contributed by atoms with van der Waals surface area (Å²) in [6.45, 7) is 8.72. The number of benzene rings is 2. The summed E-state index contributed by atoms with van der Waals surface area (Å²) in [5.74, 6) is -0.156. The van der Waals surface area contributed by atoms with Crippen LogP contribution in [0.15, 0.2) is 36.4 Å². The van der Waals surface area contributed by atoms with Crippen molar-refractivity contribution >= 4 is 23.2 Å². The summed E-state index contributed by atoms with van der Waals surface area (Å²) >= 11 is 5.63. The van der Waals surface area contributed by atoms with E-state index in [4.69, 9.17) is 16.3 Å². The minimum absolute atomic E-state index is 0.00377. The fraction of sp³-hybridized carbons (Fsp3) is 0.381. The van der Waals surface area contributed by atoms with Crippen LogP contribution in [0.2, 0.25) is 5.02 Å². The summed E-state index contributed by atoms with van der Waals surface area (Å²) in [5.41, 5.74) is -0.0510. The highest BCUT2D eigenvalue weighted by atomic mass is 35.5. The largest absolute Gasteiger partial charge is 0.491 e. The van der Waals surface area contributed by atoms with E-state index in [0.29, 0.717) is 24.5 Å². The molecule has 0 aliphatic carbocycles. The first-order valence-electron chi connectivity index (χ1n) is 9.30. The lowest BCUT2D eigenvalue weighted by Crippen LogP contribution is -2.28. The molecule has 0 radical (unpaired) electrons. The molecule has 2 rings (SSSR count). The van der Waals surface area contributed by atoms with E-state index in [-0.39, 0.29) is 11.3 Å². The van der Waals surface area contributed by atoms with Crippen molar-refractivity contribution < 1.29 is 22.7 Å². The number of aryl methyl sites for hydroxylation is 1. The summed E-state index contributed by atoms with van der Waals surface area (Å²) in [5, 5.41) is 2.09. The zero-order chi connectivity index (χ0) is 21.6. The number of likely N-dealkylation sites (N-methyl/N-ethyl adjacent to an activating group) is 1. The SMILES string of the molecule is CCN(CC)CCOc1cccc(C)c1C(=O)Nc1ccc(Cl)c(C(F)(F)F)c1. The van der Waals surface area contributed by atoms with Crippen molar-refractivity contribution in [2.45, 2.75) is 26.9 Å². The maximum atomic E-state index is 13.1. The maximum absolute atomic E-state index is 13.1. The van der Waals surface area contributed by atoms with Crippen molar-refractivity contribution in [1.29, 1.82) is 0 Å². The Balaban J connectivity index is 2.21. The molecule has 2 aromatic carbocycles. The predicted octanol–water partition coefficient (Wildman–Crippen LogP) is 5.64. The van der Waals surface area contributed by atoms with E-state index in [9.17, 15) is 18.0 Å². The average molecular weight is 429 g/mol. The van der Waals surface area contributed by atoms with Crippen LogP contribution in [-0.4, -0.2) is 37.0 Å². The first kappa shape index (κ1) is 23.0. The van der Waals surface area contributed by atoms with Crippen molar-refractivity contribution in [3.05, 3.63) is 58.1 Å². The Labute approximate surface area is 173 Å². The topological polar surface area (TPSA) is 41.6 Å². The highest BCUT2D eigenvalue weighted by molar-refractivity contribution is 6.31. The molecule has 0 heterocycles. The molecule has 158 valence electrons. The highest BCUT2D eigenvalue weighted by Gasteiger charge is 2.33. The van der Waals surface area contributed by atoms with E-state index in [0.717, 1.165) is 25.2 Å². The molecule has 2 aromatic rings. The molecule has 0 saturated carbocycles. The minimum atomic E-state index is -4.61. The number of anilines is 1. The van der Waals surface area contributed by atoms with E-state index >= 15 is 0 Å². The lowest BCUT2D eigenvalue weighted by atomic mass is 10.1. The second-order valence-corrected chi connectivity index (χ2v) is 6.88. The van der Waals surface area contributed by atoms with Gasteiger partial charge in [0.1, 0.15) is 12.4 Å². The molecule has 4 nitrogen and oxygen atoms in total. The van der Waals surface area contributed by atoms with Crippen LogP contribution in [-0.2, 0) is 6.18 Å². The van der Waals surface area contributed by atoms with Gasteiger partial charge in [0, 0.05) is 12.2 Å². The number of ether oxygens (including phenoxy) is 1. The molecule has 0 aliphatic rings. The zero-order valence-electron chi connectivity index (χ0n) is 16.6. The quantitative estimate of drug-likeness (QED) is 0.591. The molecular formula is C21H24ClF3N2O2. The predicted molar refractivity (Wildman–Crippen MR) is 109 cm³/mol. The van der Waals surface area contributed by atoms with Crippen LogP contribution in [0.25, 0.3) is 0 Å². The van der Waals surface area contributed by atoms with Crippen LogP contribution in [0.5, 0.6) is 5.75 Å². The molecule has 0 atom stereocenters. The molecule has 0 aliphatic heterocycles. The lowest BCUT2D eigenvalue weighted by molar-refractivity contribution is -0.137. The number of hydrogen-bond donors (Lipinski definition) is 1. The second-order valence-electron chi connectivity index (χ2n) is 6.47. The van der Waals surface area contributed by atoms with Gasteiger partial charge in [0.05, 0.1) is 16.1 Å². The smallest absolute Gasteiger partial charge is 0.417 e. The fourth-order valence-corrected chi connectivity index (χ4v) is 3.12. The molecular weight excluding hydrogens is 405 g/mol. The standard InChI is InChI=1S/C21H24ClF3N2O2/c1-4-27(5-2)11-12-29-18-8-6-7-14(3)19(18)20(28)26-15-9-10-17(22)16(13-15)21(23,24)25/h6-10,13H,4-5,11-12H2,1-3H3,(H,26,28). The summed E-state index contributed by atoms with van der Waals surface area (Å²) in [7, 11) is 0. The summed E-state index contributed by atoms with van der Waals surface area (Å²) < 4.78 is 45.0. The fourth-order valence-electron chi connectivity index (χ4n) is 2.89. The number of hydrogen-bond acceptors (Lipinski definition) is 3. The Kier molecular flexibility index (Phi) is 7.93. The van der Waals surface area contributed by atoms with Crippen molar-refractivity contribution in [1.82, 2.24) is 4.90 Å². The number of halogens is 4. The molecule has 1 N–H and O–H groups in total. The van der Waals surface area contributed by atoms with E-state index in [1.165, 1.54) is 6.07 Å². The van der Waals surface area contributed by atoms with Crippen LogP contribution in [0.1, 0.15) is 35.3 Å². The van der Waals surface area contributed by atoms with Crippen LogP contribution >= 0.6 is 11.6 Å². The minimum Gasteiger partial charge on any atom is -0.491 e. The summed E-state index contributed by atoms with van der Waals surface area (Å²) in [6, 6.07) is 8.44. The first-order chi connectivity index (χ1) is 13.7. The van der Waals surface area contributed by atoms with Gasteiger partial charge >= 0.3 is 6.18 Å². The Morgan fingerprint density at radius 3 is 2.48 bits per heavy atom. The number of alkyl halides is 3. The van der Waals surface area contributed by atoms with Crippen molar-refractivity contribution in [2.75, 3.05) is 31.6 Å². The van der Waals surface area contributed by atoms with Gasteiger partial charge in [-0.05, 0) is 49.8 Å². The van der Waals surface area contributed by atoms with Crippen LogP contribution in [0.4, 0.5) is 18.9 Å². The van der Waals surface area contributed by atoms with Gasteiger partial charge in [0.25, 0.3) is 5.91 Å². The van der Waals surface area contributed by atoms with Gasteiger partial charge in [-0.15, -0.1) is 0 Å². The monoisotopic (exact) mass is 428 g/mol. The number of nitrogens with zero attached hydrogens (tertiary/aromatic N) is 1. The number of carbonyl (C=O) groups excluding carboxylic acids is 1. The molecule has 0 unspecified atom stereocenters. The summed E-state index contributed by atoms with van der Waals surface area (Å²) in [6.07, 6.45) is -4.61. The Hall–Kier alpha value is -2.25. The highest BCUT2D eigenvalue weighted by Crippen LogP contribution is 2.36. The Bertz CT molecular complexity index is 852. The Morgan fingerprint density at radius 2 is 1.86 bits per heavy atom. The zero-order valence-corrected chi connectivity index (χ0v) is 17.3. The van der Waals surface area contributed by atoms with E-state index < -0.39 is 22.7 Å². The number of rotatable bonds is 8. The van der Waals surface area contributed by atoms with Crippen LogP contribution in [0, 0.1) is 6.92 Å². The lowest BCUT2D eigenvalue weighted by Gasteiger charge is -2.19. The van der Waals surface area contributed by atoms with Crippen LogP contribution < -0.4 is 10.1 Å². The third-order valence-corrected chi connectivity index (χ3v) is 4.88. The number of amides is 1. The van der Waals surface area contributed by atoms with Gasteiger partial charge in [-0.3, -0.25) is 4.79 Å². The third kappa shape index (κ3) is 6.11. The normalized spacial score (nSPS) is 11.6. The number of nitrogens with one attached hydrogen (secondary N) is 1. The van der Waals surface area contributed by atoms with Gasteiger partial charge in [0.15, 0.2) is 0 Å². The first-order valence-corrected chi connectivity index (χ1v) is 9.68. The van der Waals surface area contributed by atoms with Crippen LogP contribution in [0.3, 0.4) is 0 Å². The van der Waals surface area contributed by atoms with E-state index in [1.807, 2.05) is 0 Å². The van der Waals surface area contributed by atoms with E-state index in [1.54, 1.807) is 25.1 Å². The second kappa shape index (κ2) is 9.98. The maximum Gasteiger partial charge on any atom is 0.417 e.